The van der Waals surface area contributed by atoms with Gasteiger partial charge < -0.3 is 24.8 Å². The van der Waals surface area contributed by atoms with Gasteiger partial charge in [-0.2, -0.15) is 0 Å². The van der Waals surface area contributed by atoms with Gasteiger partial charge in [0.2, 0.25) is 0 Å². The summed E-state index contributed by atoms with van der Waals surface area (Å²) < 4.78 is 16.4. The van der Waals surface area contributed by atoms with Crippen molar-refractivity contribution in [3.05, 3.63) is 70.2 Å². The number of carbonyl (C=O) groups is 2. The predicted octanol–water partition coefficient (Wildman–Crippen LogP) is 5.17. The highest BCUT2D eigenvalue weighted by molar-refractivity contribution is 6.30. The molecule has 0 saturated carbocycles. The summed E-state index contributed by atoms with van der Waals surface area (Å²) in [4.78, 5) is 24.5. The van der Waals surface area contributed by atoms with Crippen LogP contribution in [0.1, 0.15) is 59.7 Å². The molecule has 1 heterocycles. The number of alkyl carbamates (subject to hydrolysis) is 1. The quantitative estimate of drug-likeness (QED) is 0.282. The molecule has 1 unspecified atom stereocenters. The van der Waals surface area contributed by atoms with Crippen LogP contribution >= 0.6 is 11.6 Å². The van der Waals surface area contributed by atoms with Crippen LogP contribution in [0.3, 0.4) is 0 Å². The fraction of sp³-hybridized carbons (Fsp3) is 0.500. The highest BCUT2D eigenvalue weighted by Gasteiger charge is 2.21. The van der Waals surface area contributed by atoms with E-state index in [1.807, 2.05) is 49.5 Å². The number of benzene rings is 2. The second-order valence-corrected chi connectivity index (χ2v) is 9.55. The fourth-order valence-electron chi connectivity index (χ4n) is 4.56. The van der Waals surface area contributed by atoms with E-state index in [4.69, 9.17) is 21.1 Å². The predicted molar refractivity (Wildman–Crippen MR) is 141 cm³/mol. The van der Waals surface area contributed by atoms with E-state index in [-0.39, 0.29) is 18.4 Å². The van der Waals surface area contributed by atoms with Crippen molar-refractivity contribution in [1.29, 1.82) is 0 Å². The molecule has 1 saturated heterocycles. The second-order valence-electron chi connectivity index (χ2n) is 9.12. The van der Waals surface area contributed by atoms with Crippen LogP contribution in [0.15, 0.2) is 48.5 Å². The van der Waals surface area contributed by atoms with E-state index in [1.54, 1.807) is 6.07 Å². The van der Waals surface area contributed by atoms with Gasteiger partial charge in [0.1, 0.15) is 6.10 Å². The molecular weight excluding hydrogens is 480 g/mol. The molecule has 8 heteroatoms. The van der Waals surface area contributed by atoms with E-state index < -0.39 is 12.2 Å². The van der Waals surface area contributed by atoms with Gasteiger partial charge in [0.05, 0.1) is 13.7 Å². The number of ether oxygens (including phenoxy) is 3. The number of rotatable bonds is 13. The molecule has 2 aromatic rings. The van der Waals surface area contributed by atoms with Crippen molar-refractivity contribution in [1.82, 2.24) is 10.6 Å². The lowest BCUT2D eigenvalue weighted by Crippen LogP contribution is -2.31. The van der Waals surface area contributed by atoms with E-state index in [0.717, 1.165) is 43.6 Å². The van der Waals surface area contributed by atoms with Crippen molar-refractivity contribution in [2.45, 2.75) is 44.2 Å². The Labute approximate surface area is 218 Å². The molecule has 36 heavy (non-hydrogen) atoms. The summed E-state index contributed by atoms with van der Waals surface area (Å²) in [5.74, 6) is 0.660. The van der Waals surface area contributed by atoms with E-state index >= 15 is 0 Å². The molecule has 2 aromatic carbocycles. The first-order valence-corrected chi connectivity index (χ1v) is 12.9. The summed E-state index contributed by atoms with van der Waals surface area (Å²) in [5.41, 5.74) is 2.38. The SMILES string of the molecule is CN[C@H](CCC(=O)c1cccc(C(OCCNC(=O)OC)c2cccc(Cl)c2)c1)C[C@H]1CCCOC1. The summed E-state index contributed by atoms with van der Waals surface area (Å²) in [6, 6.07) is 15.3. The van der Waals surface area contributed by atoms with Gasteiger partial charge in [-0.3, -0.25) is 4.79 Å². The summed E-state index contributed by atoms with van der Waals surface area (Å²) in [7, 11) is 3.28. The van der Waals surface area contributed by atoms with E-state index in [0.29, 0.717) is 29.5 Å². The molecule has 0 radical (unpaired) electrons. The Morgan fingerprint density at radius 1 is 1.17 bits per heavy atom. The molecule has 0 aromatic heterocycles. The number of halogens is 1. The highest BCUT2D eigenvalue weighted by Crippen LogP contribution is 2.29. The third-order valence-electron chi connectivity index (χ3n) is 6.50. The van der Waals surface area contributed by atoms with Crippen molar-refractivity contribution >= 4 is 23.5 Å². The van der Waals surface area contributed by atoms with Crippen molar-refractivity contribution in [3.63, 3.8) is 0 Å². The lowest BCUT2D eigenvalue weighted by molar-refractivity contribution is 0.0473. The first-order chi connectivity index (χ1) is 17.5. The van der Waals surface area contributed by atoms with Gasteiger partial charge in [-0.1, -0.05) is 41.9 Å². The minimum atomic E-state index is -0.513. The minimum absolute atomic E-state index is 0.106. The smallest absolute Gasteiger partial charge is 0.406 e. The number of methoxy groups -OCH3 is 1. The largest absolute Gasteiger partial charge is 0.453 e. The normalized spacial score (nSPS) is 17.2. The zero-order valence-electron chi connectivity index (χ0n) is 21.1. The molecule has 3 atom stereocenters. The Hall–Kier alpha value is -2.45. The summed E-state index contributed by atoms with van der Waals surface area (Å²) in [5, 5.41) is 6.59. The molecule has 7 nitrogen and oxygen atoms in total. The molecule has 0 spiro atoms. The van der Waals surface area contributed by atoms with E-state index in [1.165, 1.54) is 13.5 Å². The molecule has 1 fully saturated rings. The number of hydrogen-bond donors (Lipinski definition) is 2. The molecule has 1 aliphatic rings. The zero-order chi connectivity index (χ0) is 25.8. The Kier molecular flexibility index (Phi) is 11.7. The maximum Gasteiger partial charge on any atom is 0.406 e. The number of carbonyl (C=O) groups excluding carboxylic acids is 2. The molecular formula is C28H37ClN2O5. The third kappa shape index (κ3) is 8.89. The van der Waals surface area contributed by atoms with Gasteiger partial charge in [-0.25, -0.2) is 4.79 Å². The van der Waals surface area contributed by atoms with Gasteiger partial charge in [-0.15, -0.1) is 0 Å². The third-order valence-corrected chi connectivity index (χ3v) is 6.74. The van der Waals surface area contributed by atoms with Crippen LogP contribution < -0.4 is 10.6 Å². The van der Waals surface area contributed by atoms with Crippen LogP contribution in [0.5, 0.6) is 0 Å². The first-order valence-electron chi connectivity index (χ1n) is 12.6. The Morgan fingerprint density at radius 3 is 2.64 bits per heavy atom. The van der Waals surface area contributed by atoms with Crippen LogP contribution in [-0.2, 0) is 14.2 Å². The maximum atomic E-state index is 13.1. The highest BCUT2D eigenvalue weighted by atomic mass is 35.5. The van der Waals surface area contributed by atoms with Crippen LogP contribution in [-0.4, -0.2) is 58.4 Å². The minimum Gasteiger partial charge on any atom is -0.453 e. The molecule has 3 rings (SSSR count). The monoisotopic (exact) mass is 516 g/mol. The number of amides is 1. The first kappa shape index (κ1) is 28.1. The van der Waals surface area contributed by atoms with Gasteiger partial charge in [0.15, 0.2) is 5.78 Å². The molecule has 2 N–H and O–H groups in total. The fourth-order valence-corrected chi connectivity index (χ4v) is 4.76. The van der Waals surface area contributed by atoms with Crippen LogP contribution in [0, 0.1) is 5.92 Å². The van der Waals surface area contributed by atoms with Crippen molar-refractivity contribution < 1.29 is 23.8 Å². The number of Topliss-reactive ketones (excluding diaryl/α,β-unsaturated/α-hetero) is 1. The van der Waals surface area contributed by atoms with Gasteiger partial charge in [0, 0.05) is 42.8 Å². The van der Waals surface area contributed by atoms with E-state index in [2.05, 4.69) is 15.4 Å². The number of hydrogen-bond acceptors (Lipinski definition) is 6. The Morgan fingerprint density at radius 2 is 1.94 bits per heavy atom. The van der Waals surface area contributed by atoms with Gasteiger partial charge in [0.25, 0.3) is 0 Å². The van der Waals surface area contributed by atoms with Gasteiger partial charge >= 0.3 is 6.09 Å². The average molecular weight is 517 g/mol. The van der Waals surface area contributed by atoms with Crippen molar-refractivity contribution in [3.8, 4) is 0 Å². The van der Waals surface area contributed by atoms with E-state index in [9.17, 15) is 9.59 Å². The van der Waals surface area contributed by atoms with Crippen molar-refractivity contribution in [2.75, 3.05) is 40.5 Å². The Balaban J connectivity index is 1.66. The zero-order valence-corrected chi connectivity index (χ0v) is 21.9. The summed E-state index contributed by atoms with van der Waals surface area (Å²) in [6.45, 7) is 2.23. The lowest BCUT2D eigenvalue weighted by Gasteiger charge is -2.26. The average Bonchev–Trinajstić information content (AvgIpc) is 2.91. The Bertz CT molecular complexity index is 980. The maximum absolute atomic E-state index is 13.1. The van der Waals surface area contributed by atoms with Crippen LogP contribution in [0.2, 0.25) is 5.02 Å². The number of ketones is 1. The summed E-state index contributed by atoms with van der Waals surface area (Å²) in [6.07, 6.45) is 3.62. The summed E-state index contributed by atoms with van der Waals surface area (Å²) >= 11 is 6.24. The molecule has 0 aliphatic carbocycles. The standard InChI is InChI=1S/C28H37ClN2O5/c1-30-25(16-20-6-5-14-35-19-20)11-12-26(32)21-7-3-8-22(17-21)27(23-9-4-10-24(29)18-23)36-15-13-31-28(33)34-2/h3-4,7-10,17-18,20,25,27,30H,5-6,11-16,19H2,1-2H3,(H,31,33)/t20-,25-,27?/m1/s1. The van der Waals surface area contributed by atoms with Crippen LogP contribution in [0.25, 0.3) is 0 Å². The van der Waals surface area contributed by atoms with Gasteiger partial charge in [-0.05, 0) is 68.0 Å². The molecule has 0 bridgehead atoms. The molecule has 1 amide bonds. The second kappa shape index (κ2) is 15.0. The van der Waals surface area contributed by atoms with Crippen LogP contribution in [0.4, 0.5) is 4.79 Å². The number of nitrogens with one attached hydrogen (secondary N) is 2. The van der Waals surface area contributed by atoms with Crippen molar-refractivity contribution in [2.24, 2.45) is 5.92 Å². The molecule has 196 valence electrons. The topological polar surface area (TPSA) is 85.9 Å². The molecule has 1 aliphatic heterocycles. The lowest BCUT2D eigenvalue weighted by atomic mass is 9.91.